The van der Waals surface area contributed by atoms with Gasteiger partial charge in [0.05, 0.1) is 12.8 Å². The first-order valence-electron chi connectivity index (χ1n) is 6.46. The van der Waals surface area contributed by atoms with Gasteiger partial charge in [-0.3, -0.25) is 0 Å². The second-order valence-electron chi connectivity index (χ2n) is 4.56. The van der Waals surface area contributed by atoms with Gasteiger partial charge >= 0.3 is 6.03 Å². The Hall–Kier alpha value is -1.49. The second kappa shape index (κ2) is 7.06. The molecule has 2 amide bonds. The molecule has 0 bridgehead atoms. The van der Waals surface area contributed by atoms with E-state index in [1.54, 1.807) is 12.3 Å². The number of nitrogens with one attached hydrogen (secondary N) is 2. The van der Waals surface area contributed by atoms with E-state index in [2.05, 4.69) is 10.6 Å². The van der Waals surface area contributed by atoms with Crippen molar-refractivity contribution in [3.63, 3.8) is 0 Å². The van der Waals surface area contributed by atoms with Crippen molar-refractivity contribution in [1.29, 1.82) is 0 Å². The topological polar surface area (TPSA) is 63.5 Å². The van der Waals surface area contributed by atoms with Gasteiger partial charge in [-0.1, -0.05) is 0 Å². The lowest BCUT2D eigenvalue weighted by molar-refractivity contribution is 0.122. The van der Waals surface area contributed by atoms with Gasteiger partial charge in [0.15, 0.2) is 0 Å². The monoisotopic (exact) mass is 252 g/mol. The van der Waals surface area contributed by atoms with Gasteiger partial charge in [0.25, 0.3) is 0 Å². The summed E-state index contributed by atoms with van der Waals surface area (Å²) in [5.74, 6) is 1.55. The van der Waals surface area contributed by atoms with Crippen molar-refractivity contribution in [2.24, 2.45) is 5.92 Å². The largest absolute Gasteiger partial charge is 0.467 e. The lowest BCUT2D eigenvalue weighted by Gasteiger charge is -2.06. The third-order valence-corrected chi connectivity index (χ3v) is 2.80. The van der Waals surface area contributed by atoms with Crippen LogP contribution in [0.15, 0.2) is 22.8 Å². The molecule has 1 aliphatic carbocycles. The Morgan fingerprint density at radius 2 is 2.33 bits per heavy atom. The van der Waals surface area contributed by atoms with Crippen LogP contribution in [-0.2, 0) is 11.3 Å². The minimum absolute atomic E-state index is 0.173. The Morgan fingerprint density at radius 1 is 1.44 bits per heavy atom. The highest BCUT2D eigenvalue weighted by Gasteiger charge is 2.20. The van der Waals surface area contributed by atoms with Gasteiger partial charge in [-0.2, -0.15) is 0 Å². The Morgan fingerprint density at radius 3 is 3.06 bits per heavy atom. The number of carbonyl (C=O) groups is 1. The SMILES string of the molecule is O=C(NCCCOCC1CC1)NCc1ccco1. The van der Waals surface area contributed by atoms with E-state index in [1.807, 2.05) is 6.07 Å². The Balaban J connectivity index is 1.41. The molecule has 1 aromatic heterocycles. The molecule has 0 aliphatic heterocycles. The Kier molecular flexibility index (Phi) is 5.08. The first-order valence-corrected chi connectivity index (χ1v) is 6.46. The first kappa shape index (κ1) is 13.0. The first-order chi connectivity index (χ1) is 8.84. The van der Waals surface area contributed by atoms with Gasteiger partial charge in [-0.15, -0.1) is 0 Å². The van der Waals surface area contributed by atoms with Gasteiger partial charge in [0.2, 0.25) is 0 Å². The highest BCUT2D eigenvalue weighted by molar-refractivity contribution is 5.73. The quantitative estimate of drug-likeness (QED) is 0.694. The second-order valence-corrected chi connectivity index (χ2v) is 4.56. The van der Waals surface area contributed by atoms with E-state index in [0.717, 1.165) is 31.3 Å². The molecule has 2 rings (SSSR count). The van der Waals surface area contributed by atoms with Crippen LogP contribution >= 0.6 is 0 Å². The molecule has 5 nitrogen and oxygen atoms in total. The summed E-state index contributed by atoms with van der Waals surface area (Å²) in [7, 11) is 0. The molecule has 5 heteroatoms. The molecule has 100 valence electrons. The zero-order valence-corrected chi connectivity index (χ0v) is 10.5. The number of amides is 2. The van der Waals surface area contributed by atoms with Gasteiger partial charge in [-0.25, -0.2) is 4.79 Å². The van der Waals surface area contributed by atoms with E-state index < -0.39 is 0 Å². The van der Waals surface area contributed by atoms with Crippen molar-refractivity contribution in [3.8, 4) is 0 Å². The van der Waals surface area contributed by atoms with E-state index in [0.29, 0.717) is 13.1 Å². The smallest absolute Gasteiger partial charge is 0.315 e. The molecular weight excluding hydrogens is 232 g/mol. The molecule has 1 fully saturated rings. The fourth-order valence-electron chi connectivity index (χ4n) is 1.55. The summed E-state index contributed by atoms with van der Waals surface area (Å²) in [4.78, 5) is 11.4. The summed E-state index contributed by atoms with van der Waals surface area (Å²) >= 11 is 0. The van der Waals surface area contributed by atoms with Gasteiger partial charge in [-0.05, 0) is 37.3 Å². The number of ether oxygens (including phenoxy) is 1. The predicted octanol–water partition coefficient (Wildman–Crippen LogP) is 1.90. The Labute approximate surface area is 107 Å². The maximum Gasteiger partial charge on any atom is 0.315 e. The van der Waals surface area contributed by atoms with Crippen molar-refractivity contribution in [3.05, 3.63) is 24.2 Å². The van der Waals surface area contributed by atoms with Crippen molar-refractivity contribution >= 4 is 6.03 Å². The average Bonchev–Trinajstić information content (AvgIpc) is 3.04. The fraction of sp³-hybridized carbons (Fsp3) is 0.615. The van der Waals surface area contributed by atoms with Crippen LogP contribution in [0.25, 0.3) is 0 Å². The lowest BCUT2D eigenvalue weighted by Crippen LogP contribution is -2.35. The molecule has 0 spiro atoms. The normalized spacial score (nSPS) is 14.4. The van der Waals surface area contributed by atoms with E-state index in [-0.39, 0.29) is 6.03 Å². The molecule has 0 aromatic carbocycles. The van der Waals surface area contributed by atoms with Crippen LogP contribution in [0.1, 0.15) is 25.0 Å². The number of hydrogen-bond donors (Lipinski definition) is 2. The molecule has 0 saturated heterocycles. The minimum atomic E-state index is -0.173. The van der Waals surface area contributed by atoms with Crippen LogP contribution in [0, 0.1) is 5.92 Å². The molecule has 0 atom stereocenters. The fourth-order valence-corrected chi connectivity index (χ4v) is 1.55. The third kappa shape index (κ3) is 5.23. The van der Waals surface area contributed by atoms with Gasteiger partial charge in [0.1, 0.15) is 5.76 Å². The van der Waals surface area contributed by atoms with E-state index in [4.69, 9.17) is 9.15 Å². The zero-order chi connectivity index (χ0) is 12.6. The molecule has 0 radical (unpaired) electrons. The summed E-state index contributed by atoms with van der Waals surface area (Å²) in [5.41, 5.74) is 0. The molecule has 1 saturated carbocycles. The Bertz CT molecular complexity index is 347. The van der Waals surface area contributed by atoms with Crippen LogP contribution in [-0.4, -0.2) is 25.8 Å². The van der Waals surface area contributed by atoms with E-state index in [9.17, 15) is 4.79 Å². The number of furan rings is 1. The van der Waals surface area contributed by atoms with E-state index >= 15 is 0 Å². The van der Waals surface area contributed by atoms with Gasteiger partial charge in [0, 0.05) is 19.8 Å². The van der Waals surface area contributed by atoms with Crippen LogP contribution in [0.3, 0.4) is 0 Å². The lowest BCUT2D eigenvalue weighted by atomic mass is 10.4. The van der Waals surface area contributed by atoms with Crippen LogP contribution in [0.5, 0.6) is 0 Å². The van der Waals surface area contributed by atoms with Crippen molar-refractivity contribution in [2.75, 3.05) is 19.8 Å². The maximum absolute atomic E-state index is 11.4. The molecule has 1 aliphatic rings. The van der Waals surface area contributed by atoms with Crippen LogP contribution in [0.4, 0.5) is 4.79 Å². The van der Waals surface area contributed by atoms with Crippen molar-refractivity contribution in [1.82, 2.24) is 10.6 Å². The number of carbonyl (C=O) groups excluding carboxylic acids is 1. The van der Waals surface area contributed by atoms with Crippen molar-refractivity contribution < 1.29 is 13.9 Å². The molecule has 1 aromatic rings. The van der Waals surface area contributed by atoms with Crippen molar-refractivity contribution in [2.45, 2.75) is 25.8 Å². The molecule has 2 N–H and O–H groups in total. The molecule has 18 heavy (non-hydrogen) atoms. The summed E-state index contributed by atoms with van der Waals surface area (Å²) in [5, 5.41) is 5.50. The number of rotatable bonds is 8. The molecule has 0 unspecified atom stereocenters. The summed E-state index contributed by atoms with van der Waals surface area (Å²) in [6, 6.07) is 3.45. The summed E-state index contributed by atoms with van der Waals surface area (Å²) < 4.78 is 10.6. The number of hydrogen-bond acceptors (Lipinski definition) is 3. The third-order valence-electron chi connectivity index (χ3n) is 2.80. The predicted molar refractivity (Wildman–Crippen MR) is 67.1 cm³/mol. The summed E-state index contributed by atoms with van der Waals surface area (Å²) in [6.45, 7) is 2.64. The maximum atomic E-state index is 11.4. The highest BCUT2D eigenvalue weighted by atomic mass is 16.5. The number of urea groups is 1. The molecule has 1 heterocycles. The zero-order valence-electron chi connectivity index (χ0n) is 10.5. The molecular formula is C13H20N2O3. The van der Waals surface area contributed by atoms with Crippen LogP contribution < -0.4 is 10.6 Å². The highest BCUT2D eigenvalue weighted by Crippen LogP contribution is 2.28. The standard InChI is InChI=1S/C13H20N2O3/c16-13(15-9-12-3-1-8-18-12)14-6-2-7-17-10-11-4-5-11/h1,3,8,11H,2,4-7,9-10H2,(H2,14,15,16). The van der Waals surface area contributed by atoms with Gasteiger partial charge < -0.3 is 19.8 Å². The average molecular weight is 252 g/mol. The minimum Gasteiger partial charge on any atom is -0.467 e. The summed E-state index contributed by atoms with van der Waals surface area (Å²) in [6.07, 6.45) is 5.06. The van der Waals surface area contributed by atoms with E-state index in [1.165, 1.54) is 12.8 Å². The van der Waals surface area contributed by atoms with Crippen LogP contribution in [0.2, 0.25) is 0 Å².